The predicted octanol–water partition coefficient (Wildman–Crippen LogP) is 2.25. The Morgan fingerprint density at radius 3 is 2.46 bits per heavy atom. The molecular weight excluding hydrogens is 365 g/mol. The fourth-order valence-electron chi connectivity index (χ4n) is 2.13. The summed E-state index contributed by atoms with van der Waals surface area (Å²) >= 11 is 0. The van der Waals surface area contributed by atoms with Gasteiger partial charge in [-0.15, -0.1) is 0 Å². The molecule has 1 N–H and O–H groups in total. The van der Waals surface area contributed by atoms with Crippen LogP contribution >= 0.6 is 0 Å². The summed E-state index contributed by atoms with van der Waals surface area (Å²) < 4.78 is 48.2. The third kappa shape index (κ3) is 5.03. The van der Waals surface area contributed by atoms with Crippen molar-refractivity contribution >= 4 is 27.5 Å². The van der Waals surface area contributed by atoms with Crippen LogP contribution in [0.3, 0.4) is 0 Å². The number of esters is 1. The Bertz CT molecular complexity index is 942. The van der Waals surface area contributed by atoms with Gasteiger partial charge in [0.1, 0.15) is 11.6 Å². The molecule has 138 valence electrons. The van der Waals surface area contributed by atoms with Crippen molar-refractivity contribution in [2.45, 2.75) is 0 Å². The lowest BCUT2D eigenvalue weighted by Crippen LogP contribution is -2.18. The highest BCUT2D eigenvalue weighted by Crippen LogP contribution is 2.21. The van der Waals surface area contributed by atoms with Crippen molar-refractivity contribution in [3.8, 4) is 5.75 Å². The first-order valence-electron chi connectivity index (χ1n) is 7.32. The van der Waals surface area contributed by atoms with E-state index >= 15 is 0 Å². The number of carbonyl (C=O) groups excluding carboxylic acids is 2. The molecular formula is C17H16FNO6S. The standard InChI is InChI=1S/C17H16FNO6S/c1-24-16-8-7-11(18)9-13(16)15(20)10-25-17(21)12-5-3-4-6-14(12)19-26(2,22)23/h3-9,19H,10H2,1-2H3. The van der Waals surface area contributed by atoms with Crippen molar-refractivity contribution in [3.05, 3.63) is 59.4 Å². The van der Waals surface area contributed by atoms with E-state index in [0.717, 1.165) is 18.4 Å². The molecule has 2 aromatic rings. The van der Waals surface area contributed by atoms with Crippen LogP contribution in [0.1, 0.15) is 20.7 Å². The largest absolute Gasteiger partial charge is 0.496 e. The van der Waals surface area contributed by atoms with Gasteiger partial charge in [0.05, 0.1) is 30.2 Å². The number of ether oxygens (including phenoxy) is 2. The number of Topliss-reactive ketones (excluding diaryl/α,β-unsaturated/α-hetero) is 1. The van der Waals surface area contributed by atoms with Crippen molar-refractivity contribution in [2.75, 3.05) is 24.7 Å². The second-order valence-electron chi connectivity index (χ2n) is 5.26. The van der Waals surface area contributed by atoms with E-state index in [-0.39, 0.29) is 22.6 Å². The number of hydrogen-bond acceptors (Lipinski definition) is 6. The highest BCUT2D eigenvalue weighted by molar-refractivity contribution is 7.92. The van der Waals surface area contributed by atoms with Crippen LogP contribution in [-0.2, 0) is 14.8 Å². The van der Waals surface area contributed by atoms with Gasteiger partial charge in [0, 0.05) is 0 Å². The third-order valence-corrected chi connectivity index (χ3v) is 3.83. The molecule has 0 saturated heterocycles. The first kappa shape index (κ1) is 19.4. The summed E-state index contributed by atoms with van der Waals surface area (Å²) in [5.41, 5.74) is -0.101. The first-order valence-corrected chi connectivity index (χ1v) is 9.21. The molecule has 0 radical (unpaired) electrons. The summed E-state index contributed by atoms with van der Waals surface area (Å²) in [6.45, 7) is -0.661. The minimum atomic E-state index is -3.60. The highest BCUT2D eigenvalue weighted by Gasteiger charge is 2.19. The summed E-state index contributed by atoms with van der Waals surface area (Å²) in [6.07, 6.45) is 0.939. The summed E-state index contributed by atoms with van der Waals surface area (Å²) in [7, 11) is -2.28. The molecule has 26 heavy (non-hydrogen) atoms. The SMILES string of the molecule is COc1ccc(F)cc1C(=O)COC(=O)c1ccccc1NS(C)(=O)=O. The molecule has 0 atom stereocenters. The maximum absolute atomic E-state index is 13.3. The molecule has 0 saturated carbocycles. The van der Waals surface area contributed by atoms with Crippen molar-refractivity contribution in [1.29, 1.82) is 0 Å². The van der Waals surface area contributed by atoms with Gasteiger partial charge in [0.25, 0.3) is 0 Å². The number of nitrogens with one attached hydrogen (secondary N) is 1. The lowest BCUT2D eigenvalue weighted by atomic mass is 10.1. The zero-order chi connectivity index (χ0) is 19.3. The summed E-state index contributed by atoms with van der Waals surface area (Å²) in [5, 5.41) is 0. The van der Waals surface area contributed by atoms with E-state index in [2.05, 4.69) is 4.72 Å². The zero-order valence-corrected chi connectivity index (χ0v) is 14.8. The van der Waals surface area contributed by atoms with E-state index in [0.29, 0.717) is 0 Å². The maximum atomic E-state index is 13.3. The fourth-order valence-corrected chi connectivity index (χ4v) is 2.71. The van der Waals surface area contributed by atoms with E-state index in [1.54, 1.807) is 0 Å². The minimum absolute atomic E-state index is 0.0239. The molecule has 2 rings (SSSR count). The minimum Gasteiger partial charge on any atom is -0.496 e. The van der Waals surface area contributed by atoms with Gasteiger partial charge in [0.2, 0.25) is 15.8 Å². The molecule has 7 nitrogen and oxygen atoms in total. The lowest BCUT2D eigenvalue weighted by molar-refractivity contribution is 0.0475. The number of hydrogen-bond donors (Lipinski definition) is 1. The fraction of sp³-hybridized carbons (Fsp3) is 0.176. The van der Waals surface area contributed by atoms with Crippen LogP contribution in [-0.4, -0.2) is 40.1 Å². The molecule has 0 bridgehead atoms. The molecule has 9 heteroatoms. The number of halogens is 1. The van der Waals surface area contributed by atoms with Gasteiger partial charge in [-0.1, -0.05) is 12.1 Å². The van der Waals surface area contributed by atoms with Crippen LogP contribution in [0.15, 0.2) is 42.5 Å². The van der Waals surface area contributed by atoms with E-state index in [1.807, 2.05) is 0 Å². The Morgan fingerprint density at radius 2 is 1.81 bits per heavy atom. The topological polar surface area (TPSA) is 98.8 Å². The van der Waals surface area contributed by atoms with Crippen molar-refractivity contribution in [2.24, 2.45) is 0 Å². The van der Waals surface area contributed by atoms with Crippen LogP contribution in [0.5, 0.6) is 5.75 Å². The van der Waals surface area contributed by atoms with Crippen molar-refractivity contribution < 1.29 is 31.9 Å². The van der Waals surface area contributed by atoms with Crippen molar-refractivity contribution in [3.63, 3.8) is 0 Å². The van der Waals surface area contributed by atoms with E-state index < -0.39 is 34.2 Å². The molecule has 0 aromatic heterocycles. The summed E-state index contributed by atoms with van der Waals surface area (Å²) in [4.78, 5) is 24.4. The molecule has 0 unspecified atom stereocenters. The Labute approximate surface area is 149 Å². The van der Waals surface area contributed by atoms with Crippen LogP contribution < -0.4 is 9.46 Å². The molecule has 0 spiro atoms. The summed E-state index contributed by atoms with van der Waals surface area (Å²) in [5.74, 6) is -2.06. The average Bonchev–Trinajstić information content (AvgIpc) is 2.58. The smallest absolute Gasteiger partial charge is 0.340 e. The van der Waals surface area contributed by atoms with Gasteiger partial charge in [-0.25, -0.2) is 17.6 Å². The average molecular weight is 381 g/mol. The zero-order valence-electron chi connectivity index (χ0n) is 14.0. The number of ketones is 1. The molecule has 0 aliphatic heterocycles. The van der Waals surface area contributed by atoms with Crippen LogP contribution in [0.4, 0.5) is 10.1 Å². The van der Waals surface area contributed by atoms with Gasteiger partial charge in [-0.3, -0.25) is 9.52 Å². The van der Waals surface area contributed by atoms with Crippen LogP contribution in [0.25, 0.3) is 0 Å². The summed E-state index contributed by atoms with van der Waals surface area (Å²) in [6, 6.07) is 9.19. The van der Waals surface area contributed by atoms with Crippen LogP contribution in [0.2, 0.25) is 0 Å². The highest BCUT2D eigenvalue weighted by atomic mass is 32.2. The molecule has 0 aliphatic rings. The third-order valence-electron chi connectivity index (χ3n) is 3.24. The van der Waals surface area contributed by atoms with Gasteiger partial charge in [-0.05, 0) is 30.3 Å². The molecule has 0 aliphatic carbocycles. The number of methoxy groups -OCH3 is 1. The Morgan fingerprint density at radius 1 is 1.12 bits per heavy atom. The number of sulfonamides is 1. The normalized spacial score (nSPS) is 10.9. The molecule has 0 amide bonds. The van der Waals surface area contributed by atoms with Gasteiger partial charge < -0.3 is 9.47 Å². The van der Waals surface area contributed by atoms with E-state index in [1.165, 1.54) is 37.4 Å². The Kier molecular flexibility index (Phi) is 5.93. The lowest BCUT2D eigenvalue weighted by Gasteiger charge is -2.11. The first-order chi connectivity index (χ1) is 12.2. The van der Waals surface area contributed by atoms with Gasteiger partial charge in [0.15, 0.2) is 6.61 Å². The second-order valence-corrected chi connectivity index (χ2v) is 7.01. The molecule has 0 heterocycles. The number of benzene rings is 2. The Hall–Kier alpha value is -2.94. The quantitative estimate of drug-likeness (QED) is 0.583. The Balaban J connectivity index is 2.15. The maximum Gasteiger partial charge on any atom is 0.340 e. The number of carbonyl (C=O) groups is 2. The molecule has 2 aromatic carbocycles. The number of anilines is 1. The number of rotatable bonds is 7. The van der Waals surface area contributed by atoms with Crippen molar-refractivity contribution in [1.82, 2.24) is 0 Å². The van der Waals surface area contributed by atoms with Crippen LogP contribution in [0, 0.1) is 5.82 Å². The van der Waals surface area contributed by atoms with Gasteiger partial charge >= 0.3 is 5.97 Å². The number of para-hydroxylation sites is 1. The van der Waals surface area contributed by atoms with E-state index in [4.69, 9.17) is 9.47 Å². The van der Waals surface area contributed by atoms with Gasteiger partial charge in [-0.2, -0.15) is 0 Å². The molecule has 0 fully saturated rings. The monoisotopic (exact) mass is 381 g/mol. The predicted molar refractivity (Wildman–Crippen MR) is 92.5 cm³/mol. The second kappa shape index (κ2) is 7.96. The van der Waals surface area contributed by atoms with E-state index in [9.17, 15) is 22.4 Å².